The van der Waals surface area contributed by atoms with E-state index in [9.17, 15) is 0 Å². The molecule has 3 nitrogen and oxygen atoms in total. The van der Waals surface area contributed by atoms with Gasteiger partial charge in [0, 0.05) is 18.8 Å². The lowest BCUT2D eigenvalue weighted by molar-refractivity contribution is 0.440. The summed E-state index contributed by atoms with van der Waals surface area (Å²) in [7, 11) is 0. The van der Waals surface area contributed by atoms with Crippen LogP contribution >= 0.6 is 0 Å². The lowest BCUT2D eigenvalue weighted by Gasteiger charge is -2.15. The molecule has 1 fully saturated rings. The van der Waals surface area contributed by atoms with E-state index in [2.05, 4.69) is 18.2 Å². The van der Waals surface area contributed by atoms with Gasteiger partial charge in [0.25, 0.3) is 0 Å². The minimum atomic E-state index is 0.317. The van der Waals surface area contributed by atoms with Crippen molar-refractivity contribution in [3.63, 3.8) is 0 Å². The predicted molar refractivity (Wildman–Crippen MR) is 66.2 cm³/mol. The van der Waals surface area contributed by atoms with Crippen molar-refractivity contribution in [2.75, 3.05) is 0 Å². The van der Waals surface area contributed by atoms with Crippen molar-refractivity contribution in [2.45, 2.75) is 58.0 Å². The molecule has 3 heteroatoms. The van der Waals surface area contributed by atoms with Gasteiger partial charge < -0.3 is 5.73 Å². The van der Waals surface area contributed by atoms with E-state index in [0.717, 1.165) is 18.9 Å². The topological polar surface area (TPSA) is 43.8 Å². The fourth-order valence-electron chi connectivity index (χ4n) is 2.75. The molecule has 0 saturated heterocycles. The highest BCUT2D eigenvalue weighted by Gasteiger charge is 2.18. The molecule has 1 saturated carbocycles. The molecule has 1 aromatic heterocycles. The lowest BCUT2D eigenvalue weighted by atomic mass is 9.95. The Kier molecular flexibility index (Phi) is 3.99. The van der Waals surface area contributed by atoms with Crippen molar-refractivity contribution in [3.8, 4) is 0 Å². The maximum atomic E-state index is 6.20. The third kappa shape index (κ3) is 3.08. The summed E-state index contributed by atoms with van der Waals surface area (Å²) in [6, 6.07) is 0.317. The van der Waals surface area contributed by atoms with Gasteiger partial charge in [-0.05, 0) is 31.2 Å². The van der Waals surface area contributed by atoms with Crippen LogP contribution in [0.3, 0.4) is 0 Å². The molecule has 0 aliphatic heterocycles. The van der Waals surface area contributed by atoms with Gasteiger partial charge in [-0.1, -0.05) is 25.7 Å². The summed E-state index contributed by atoms with van der Waals surface area (Å²) in [4.78, 5) is 0. The molecular formula is C13H23N3. The molecule has 1 atom stereocenters. The number of hydrogen-bond acceptors (Lipinski definition) is 2. The molecule has 1 heterocycles. The van der Waals surface area contributed by atoms with Crippen molar-refractivity contribution in [3.05, 3.63) is 18.0 Å². The molecule has 0 aromatic carbocycles. The quantitative estimate of drug-likeness (QED) is 0.829. The van der Waals surface area contributed by atoms with Gasteiger partial charge in [-0.25, -0.2) is 0 Å². The minimum Gasteiger partial charge on any atom is -0.327 e. The summed E-state index contributed by atoms with van der Waals surface area (Å²) in [5.41, 5.74) is 7.48. The first-order chi connectivity index (χ1) is 7.78. The van der Waals surface area contributed by atoms with Crippen LogP contribution in [-0.4, -0.2) is 15.8 Å². The summed E-state index contributed by atoms with van der Waals surface area (Å²) in [6.45, 7) is 3.05. The van der Waals surface area contributed by atoms with Crippen LogP contribution < -0.4 is 5.73 Å². The highest BCUT2D eigenvalue weighted by Crippen LogP contribution is 2.28. The highest BCUT2D eigenvalue weighted by molar-refractivity contribution is 5.06. The summed E-state index contributed by atoms with van der Waals surface area (Å²) in [5.74, 6) is 0.885. The zero-order chi connectivity index (χ0) is 11.4. The van der Waals surface area contributed by atoms with Gasteiger partial charge in [0.1, 0.15) is 0 Å². The van der Waals surface area contributed by atoms with Gasteiger partial charge in [0.2, 0.25) is 0 Å². The monoisotopic (exact) mass is 221 g/mol. The van der Waals surface area contributed by atoms with E-state index in [1.165, 1.54) is 37.7 Å². The van der Waals surface area contributed by atoms with Crippen LogP contribution in [-0.2, 0) is 13.0 Å². The van der Waals surface area contributed by atoms with Gasteiger partial charge >= 0.3 is 0 Å². The Morgan fingerprint density at radius 1 is 1.50 bits per heavy atom. The van der Waals surface area contributed by atoms with Crippen LogP contribution in [0.25, 0.3) is 0 Å². The highest BCUT2D eigenvalue weighted by atomic mass is 15.3. The standard InChI is InChI=1S/C13H23N3/c1-2-16-10-12(9-15-16)8-13(14)7-11-5-3-4-6-11/h9-11,13H,2-8,14H2,1H3. The third-order valence-electron chi connectivity index (χ3n) is 3.62. The zero-order valence-electron chi connectivity index (χ0n) is 10.2. The van der Waals surface area contributed by atoms with Crippen molar-refractivity contribution in [1.29, 1.82) is 0 Å². The number of aryl methyl sites for hydroxylation is 1. The SMILES string of the molecule is CCn1cc(CC(N)CC2CCCC2)cn1. The predicted octanol–water partition coefficient (Wildman–Crippen LogP) is 2.35. The van der Waals surface area contributed by atoms with Gasteiger partial charge in [-0.3, -0.25) is 4.68 Å². The molecule has 0 radical (unpaired) electrons. The van der Waals surface area contributed by atoms with Crippen LogP contribution in [0, 0.1) is 5.92 Å². The smallest absolute Gasteiger partial charge is 0.0522 e. The maximum Gasteiger partial charge on any atom is 0.0522 e. The second-order valence-corrected chi connectivity index (χ2v) is 5.05. The molecule has 0 bridgehead atoms. The van der Waals surface area contributed by atoms with Crippen molar-refractivity contribution < 1.29 is 0 Å². The van der Waals surface area contributed by atoms with Crippen LogP contribution in [0.15, 0.2) is 12.4 Å². The Bertz CT molecular complexity index is 313. The van der Waals surface area contributed by atoms with Gasteiger partial charge in [0.05, 0.1) is 6.20 Å². The second kappa shape index (κ2) is 5.48. The maximum absolute atomic E-state index is 6.20. The molecule has 2 rings (SSSR count). The Hall–Kier alpha value is -0.830. The molecule has 0 amide bonds. The molecule has 1 aromatic rings. The average Bonchev–Trinajstić information content (AvgIpc) is 2.89. The summed E-state index contributed by atoms with van der Waals surface area (Å²) < 4.78 is 1.97. The Labute approximate surface area is 98.0 Å². The fourth-order valence-corrected chi connectivity index (χ4v) is 2.75. The number of aromatic nitrogens is 2. The van der Waals surface area contributed by atoms with E-state index in [4.69, 9.17) is 5.73 Å². The first-order valence-corrected chi connectivity index (χ1v) is 6.55. The minimum absolute atomic E-state index is 0.317. The van der Waals surface area contributed by atoms with E-state index < -0.39 is 0 Å². The first-order valence-electron chi connectivity index (χ1n) is 6.55. The number of rotatable bonds is 5. The Balaban J connectivity index is 1.79. The van der Waals surface area contributed by atoms with E-state index in [0.29, 0.717) is 6.04 Å². The van der Waals surface area contributed by atoms with E-state index in [1.54, 1.807) is 0 Å². The molecule has 1 aliphatic carbocycles. The molecule has 1 aliphatic rings. The van der Waals surface area contributed by atoms with Gasteiger partial charge in [-0.2, -0.15) is 5.10 Å². The first kappa shape index (κ1) is 11.6. The second-order valence-electron chi connectivity index (χ2n) is 5.05. The number of nitrogens with zero attached hydrogens (tertiary/aromatic N) is 2. The molecule has 2 N–H and O–H groups in total. The normalized spacial score (nSPS) is 19.1. The number of hydrogen-bond donors (Lipinski definition) is 1. The van der Waals surface area contributed by atoms with Crippen molar-refractivity contribution in [2.24, 2.45) is 11.7 Å². The van der Waals surface area contributed by atoms with Gasteiger partial charge in [0.15, 0.2) is 0 Å². The average molecular weight is 221 g/mol. The summed E-state index contributed by atoms with van der Waals surface area (Å²) >= 11 is 0. The third-order valence-corrected chi connectivity index (χ3v) is 3.62. The van der Waals surface area contributed by atoms with Crippen LogP contribution in [0.1, 0.15) is 44.6 Å². The largest absolute Gasteiger partial charge is 0.327 e. The molecule has 90 valence electrons. The molecular weight excluding hydrogens is 198 g/mol. The van der Waals surface area contributed by atoms with Crippen molar-refractivity contribution >= 4 is 0 Å². The summed E-state index contributed by atoms with van der Waals surface area (Å²) in [6.07, 6.45) is 11.8. The summed E-state index contributed by atoms with van der Waals surface area (Å²) in [5, 5.41) is 4.28. The van der Waals surface area contributed by atoms with Gasteiger partial charge in [-0.15, -0.1) is 0 Å². The van der Waals surface area contributed by atoms with Crippen molar-refractivity contribution in [1.82, 2.24) is 9.78 Å². The van der Waals surface area contributed by atoms with Crippen LogP contribution in [0.4, 0.5) is 0 Å². The Morgan fingerprint density at radius 2 is 2.25 bits per heavy atom. The van der Waals surface area contributed by atoms with Crippen LogP contribution in [0.2, 0.25) is 0 Å². The molecule has 16 heavy (non-hydrogen) atoms. The molecule has 1 unspecified atom stereocenters. The van der Waals surface area contributed by atoms with E-state index in [1.807, 2.05) is 10.9 Å². The van der Waals surface area contributed by atoms with Crippen LogP contribution in [0.5, 0.6) is 0 Å². The fraction of sp³-hybridized carbons (Fsp3) is 0.769. The van der Waals surface area contributed by atoms with E-state index in [-0.39, 0.29) is 0 Å². The number of nitrogens with two attached hydrogens (primary N) is 1. The van der Waals surface area contributed by atoms with E-state index >= 15 is 0 Å². The molecule has 0 spiro atoms. The zero-order valence-corrected chi connectivity index (χ0v) is 10.2. The lowest BCUT2D eigenvalue weighted by Crippen LogP contribution is -2.25. The Morgan fingerprint density at radius 3 is 2.88 bits per heavy atom.